The minimum Gasteiger partial charge on any atom is -0.353 e. The van der Waals surface area contributed by atoms with Crippen LogP contribution in [0.4, 0.5) is 5.82 Å². The quantitative estimate of drug-likeness (QED) is 0.802. The highest BCUT2D eigenvalue weighted by Gasteiger charge is 2.21. The summed E-state index contributed by atoms with van der Waals surface area (Å²) in [4.78, 5) is 25.3. The van der Waals surface area contributed by atoms with Gasteiger partial charge in [0.15, 0.2) is 5.78 Å². The Labute approximate surface area is 149 Å². The van der Waals surface area contributed by atoms with E-state index in [-0.39, 0.29) is 5.78 Å². The van der Waals surface area contributed by atoms with E-state index in [1.807, 2.05) is 13.1 Å². The number of hydrogen-bond donors (Lipinski definition) is 0. The van der Waals surface area contributed by atoms with Gasteiger partial charge in [0.2, 0.25) is 0 Å². The fourth-order valence-corrected chi connectivity index (χ4v) is 3.82. The van der Waals surface area contributed by atoms with Crippen LogP contribution in [0.2, 0.25) is 0 Å². The number of piperazine rings is 1. The number of nitrogens with zero attached hydrogens (tertiary/aromatic N) is 4. The number of anilines is 1. The zero-order valence-electron chi connectivity index (χ0n) is 15.5. The molecule has 1 aromatic carbocycles. The first-order valence-corrected chi connectivity index (χ1v) is 8.81. The van der Waals surface area contributed by atoms with E-state index in [9.17, 15) is 4.79 Å². The molecule has 5 heteroatoms. The summed E-state index contributed by atoms with van der Waals surface area (Å²) in [6.07, 6.45) is 5.27. The zero-order chi connectivity index (χ0) is 18.0. The van der Waals surface area contributed by atoms with Gasteiger partial charge in [-0.3, -0.25) is 14.7 Å². The van der Waals surface area contributed by atoms with E-state index < -0.39 is 0 Å². The van der Waals surface area contributed by atoms with E-state index in [0.29, 0.717) is 0 Å². The Morgan fingerprint density at radius 2 is 1.80 bits per heavy atom. The van der Waals surface area contributed by atoms with E-state index in [2.05, 4.69) is 39.7 Å². The van der Waals surface area contributed by atoms with Gasteiger partial charge in [0, 0.05) is 50.7 Å². The van der Waals surface area contributed by atoms with Gasteiger partial charge in [-0.25, -0.2) is 4.98 Å². The van der Waals surface area contributed by atoms with Crippen LogP contribution in [0.5, 0.6) is 0 Å². The van der Waals surface area contributed by atoms with Crippen LogP contribution in [-0.4, -0.2) is 46.8 Å². The number of carbonyl (C=O) groups is 1. The van der Waals surface area contributed by atoms with Gasteiger partial charge in [-0.15, -0.1) is 0 Å². The summed E-state index contributed by atoms with van der Waals surface area (Å²) in [5.74, 6) is 1.10. The molecule has 0 atom stereocenters. The average Bonchev–Trinajstić information content (AvgIpc) is 2.59. The number of hydrogen-bond acceptors (Lipinski definition) is 5. The first-order valence-electron chi connectivity index (χ1n) is 8.81. The van der Waals surface area contributed by atoms with Gasteiger partial charge < -0.3 is 4.90 Å². The van der Waals surface area contributed by atoms with Crippen molar-refractivity contribution in [2.45, 2.75) is 34.2 Å². The largest absolute Gasteiger partial charge is 0.353 e. The number of aryl methyl sites for hydroxylation is 2. The topological polar surface area (TPSA) is 49.3 Å². The van der Waals surface area contributed by atoms with Gasteiger partial charge in [0.1, 0.15) is 5.82 Å². The molecule has 1 aliphatic heterocycles. The van der Waals surface area contributed by atoms with E-state index >= 15 is 0 Å². The zero-order valence-corrected chi connectivity index (χ0v) is 15.5. The minimum absolute atomic E-state index is 0.156. The highest BCUT2D eigenvalue weighted by Crippen LogP contribution is 2.25. The van der Waals surface area contributed by atoms with E-state index in [0.717, 1.165) is 55.2 Å². The van der Waals surface area contributed by atoms with Gasteiger partial charge in [-0.05, 0) is 49.9 Å². The number of rotatable bonds is 4. The third-order valence-corrected chi connectivity index (χ3v) is 5.11. The summed E-state index contributed by atoms with van der Waals surface area (Å²) >= 11 is 0. The molecule has 1 aromatic heterocycles. The maximum absolute atomic E-state index is 12.0. The van der Waals surface area contributed by atoms with Crippen LogP contribution >= 0.6 is 0 Å². The predicted molar refractivity (Wildman–Crippen MR) is 100 cm³/mol. The number of carbonyl (C=O) groups excluding carboxylic acids is 1. The summed E-state index contributed by atoms with van der Waals surface area (Å²) < 4.78 is 0. The Balaban J connectivity index is 1.72. The minimum atomic E-state index is 0.156. The fraction of sp³-hybridized carbons (Fsp3) is 0.450. The molecule has 2 aromatic rings. The van der Waals surface area contributed by atoms with Gasteiger partial charge in [-0.2, -0.15) is 0 Å². The second kappa shape index (κ2) is 7.31. The normalized spacial score (nSPS) is 15.4. The van der Waals surface area contributed by atoms with Crippen molar-refractivity contribution in [3.05, 3.63) is 52.5 Å². The van der Waals surface area contributed by atoms with Gasteiger partial charge >= 0.3 is 0 Å². The maximum Gasteiger partial charge on any atom is 0.160 e. The number of ketones is 1. The second-order valence-electron chi connectivity index (χ2n) is 6.87. The molecule has 5 nitrogen and oxygen atoms in total. The molecule has 3 rings (SSSR count). The van der Waals surface area contributed by atoms with E-state index in [1.54, 1.807) is 19.3 Å². The third kappa shape index (κ3) is 3.71. The maximum atomic E-state index is 12.0. The van der Waals surface area contributed by atoms with Crippen LogP contribution < -0.4 is 4.90 Å². The molecule has 2 heterocycles. The Bertz CT molecular complexity index is 765. The highest BCUT2D eigenvalue weighted by molar-refractivity contribution is 5.97. The molecular weight excluding hydrogens is 312 g/mol. The summed E-state index contributed by atoms with van der Waals surface area (Å²) in [7, 11) is 0. The highest BCUT2D eigenvalue weighted by atomic mass is 16.1. The van der Waals surface area contributed by atoms with Crippen molar-refractivity contribution < 1.29 is 4.79 Å². The number of aromatic nitrogens is 2. The molecule has 0 N–H and O–H groups in total. The molecule has 1 saturated heterocycles. The van der Waals surface area contributed by atoms with Crippen molar-refractivity contribution in [3.8, 4) is 0 Å². The molecule has 0 radical (unpaired) electrons. The molecule has 0 spiro atoms. The SMILES string of the molecule is CC(=O)c1c(C)cc(C)c(CN2CCN(c3cnccn3)CC2)c1C. The molecule has 0 aliphatic carbocycles. The van der Waals surface area contributed by atoms with Crippen LogP contribution in [0, 0.1) is 20.8 Å². The van der Waals surface area contributed by atoms with Gasteiger partial charge in [-0.1, -0.05) is 6.07 Å². The van der Waals surface area contributed by atoms with Crippen molar-refractivity contribution in [1.29, 1.82) is 0 Å². The standard InChI is InChI=1S/C20H26N4O/c1-14-11-15(2)20(17(4)25)16(3)18(14)13-23-7-9-24(10-8-23)19-12-21-5-6-22-19/h5-6,11-12H,7-10,13H2,1-4H3. The Hall–Kier alpha value is -2.27. The summed E-state index contributed by atoms with van der Waals surface area (Å²) in [5.41, 5.74) is 5.68. The molecule has 0 amide bonds. The van der Waals surface area contributed by atoms with E-state index in [1.165, 1.54) is 11.1 Å². The molecule has 25 heavy (non-hydrogen) atoms. The molecule has 0 bridgehead atoms. The van der Waals surface area contributed by atoms with Crippen LogP contribution in [0.15, 0.2) is 24.7 Å². The van der Waals surface area contributed by atoms with Crippen molar-refractivity contribution in [1.82, 2.24) is 14.9 Å². The number of Topliss-reactive ketones (excluding diaryl/α,β-unsaturated/α-hetero) is 1. The Kier molecular flexibility index (Phi) is 5.13. The van der Waals surface area contributed by atoms with Crippen molar-refractivity contribution in [2.24, 2.45) is 0 Å². The van der Waals surface area contributed by atoms with E-state index in [4.69, 9.17) is 0 Å². The lowest BCUT2D eigenvalue weighted by Crippen LogP contribution is -2.46. The second-order valence-corrected chi connectivity index (χ2v) is 6.87. The average molecular weight is 338 g/mol. The van der Waals surface area contributed by atoms with Crippen molar-refractivity contribution in [2.75, 3.05) is 31.1 Å². The van der Waals surface area contributed by atoms with Crippen LogP contribution in [0.3, 0.4) is 0 Å². The predicted octanol–water partition coefficient (Wildman–Crippen LogP) is 2.93. The Morgan fingerprint density at radius 3 is 2.40 bits per heavy atom. The summed E-state index contributed by atoms with van der Waals surface area (Å²) in [6, 6.07) is 2.15. The molecule has 1 aliphatic rings. The van der Waals surface area contributed by atoms with Crippen molar-refractivity contribution >= 4 is 11.6 Å². The fourth-order valence-electron chi connectivity index (χ4n) is 3.82. The molecule has 132 valence electrons. The number of benzene rings is 1. The van der Waals surface area contributed by atoms with Gasteiger partial charge in [0.05, 0.1) is 6.20 Å². The first-order chi connectivity index (χ1) is 12.0. The summed E-state index contributed by atoms with van der Waals surface area (Å²) in [6.45, 7) is 12.7. The Morgan fingerprint density at radius 1 is 1.08 bits per heavy atom. The molecule has 0 saturated carbocycles. The van der Waals surface area contributed by atoms with Crippen LogP contribution in [-0.2, 0) is 6.54 Å². The monoisotopic (exact) mass is 338 g/mol. The van der Waals surface area contributed by atoms with Gasteiger partial charge in [0.25, 0.3) is 0 Å². The van der Waals surface area contributed by atoms with Crippen molar-refractivity contribution in [3.63, 3.8) is 0 Å². The van der Waals surface area contributed by atoms with Crippen LogP contribution in [0.1, 0.15) is 39.5 Å². The lowest BCUT2D eigenvalue weighted by Gasteiger charge is -2.35. The lowest BCUT2D eigenvalue weighted by molar-refractivity contribution is 0.101. The lowest BCUT2D eigenvalue weighted by atomic mass is 9.91. The molecule has 1 fully saturated rings. The first kappa shape index (κ1) is 17.5. The molecular formula is C20H26N4O. The molecule has 0 unspecified atom stereocenters. The summed E-state index contributed by atoms with van der Waals surface area (Å²) in [5, 5.41) is 0. The van der Waals surface area contributed by atoms with Crippen LogP contribution in [0.25, 0.3) is 0 Å². The smallest absolute Gasteiger partial charge is 0.160 e. The third-order valence-electron chi connectivity index (χ3n) is 5.11.